The largest absolute Gasteiger partial charge is 0.313 e. The van der Waals surface area contributed by atoms with Crippen LogP contribution in [0.2, 0.25) is 0 Å². The third-order valence-electron chi connectivity index (χ3n) is 15.4. The van der Waals surface area contributed by atoms with Crippen LogP contribution < -0.4 is 4.90 Å². The highest BCUT2D eigenvalue weighted by molar-refractivity contribution is 5.92. The Morgan fingerprint density at radius 2 is 0.920 bits per heavy atom. The van der Waals surface area contributed by atoms with E-state index in [9.17, 15) is 0 Å². The van der Waals surface area contributed by atoms with Gasteiger partial charge in [-0.15, -0.1) is 0 Å². The van der Waals surface area contributed by atoms with Crippen LogP contribution in [0.4, 0.5) is 11.4 Å². The van der Waals surface area contributed by atoms with Gasteiger partial charge >= 0.3 is 0 Å². The minimum Gasteiger partial charge on any atom is -0.313 e. The third-order valence-corrected chi connectivity index (χ3v) is 15.4. The van der Waals surface area contributed by atoms with E-state index in [4.69, 9.17) is 0 Å². The van der Waals surface area contributed by atoms with E-state index >= 15 is 0 Å². The molecule has 0 saturated heterocycles. The van der Waals surface area contributed by atoms with E-state index in [2.05, 4.69) is 305 Å². The van der Waals surface area contributed by atoms with Gasteiger partial charge in [-0.3, -0.25) is 0 Å². The molecule has 0 saturated carbocycles. The number of anilines is 2. The summed E-state index contributed by atoms with van der Waals surface area (Å²) in [5, 5.41) is 2.54. The molecule has 11 aromatic carbocycles. The van der Waals surface area contributed by atoms with Crippen molar-refractivity contribution in [2.75, 3.05) is 4.90 Å². The van der Waals surface area contributed by atoms with Gasteiger partial charge in [-0.05, 0) is 135 Å². The van der Waals surface area contributed by atoms with Crippen LogP contribution in [-0.4, -0.2) is 0 Å². The number of nitrogens with zero attached hydrogens (tertiary/aromatic N) is 1. The maximum Gasteiger partial charge on any atom is 0.0713 e. The Balaban J connectivity index is 0.000000127. The second-order valence-electron chi connectivity index (χ2n) is 20.2. The van der Waals surface area contributed by atoms with Crippen molar-refractivity contribution in [1.29, 1.82) is 0 Å². The first kappa shape index (κ1) is 47.0. The van der Waals surface area contributed by atoms with Crippen LogP contribution in [0.3, 0.4) is 0 Å². The van der Waals surface area contributed by atoms with Gasteiger partial charge in [-0.25, -0.2) is 0 Å². The quantitative estimate of drug-likeness (QED) is 0.161. The molecule has 0 aromatic heterocycles. The second-order valence-corrected chi connectivity index (χ2v) is 20.2. The smallest absolute Gasteiger partial charge is 0.0713 e. The topological polar surface area (TPSA) is 3.24 Å². The summed E-state index contributed by atoms with van der Waals surface area (Å²) in [5.74, 6) is 0.400. The van der Waals surface area contributed by atoms with E-state index < -0.39 is 0 Å². The Morgan fingerprint density at radius 3 is 1.63 bits per heavy atom. The zero-order valence-electron chi connectivity index (χ0n) is 42.9. The van der Waals surface area contributed by atoms with Crippen molar-refractivity contribution in [3.8, 4) is 44.5 Å². The van der Waals surface area contributed by atoms with E-state index in [1.54, 1.807) is 0 Å². The van der Waals surface area contributed by atoms with Gasteiger partial charge in [0.15, 0.2) is 0 Å². The SMILES string of the molecule is Cc1ccc(-c2ccccc2)cc1.Cc1ccc2c(c1)C(c1ccccc1)(c1ccccc1)c1ccccc1-2.Cc1cccc(-c2ccccc2-c2ccc3c(c2)N(c2ccc4ccccc4c2)C2=CC=CCC23)c1. The Morgan fingerprint density at radius 1 is 0.373 bits per heavy atom. The molecule has 1 unspecified atom stereocenters. The molecule has 3 aliphatic rings. The second kappa shape index (κ2) is 20.5. The number of fused-ring (bicyclic) bond motifs is 7. The minimum absolute atomic E-state index is 0.263. The number of rotatable bonds is 6. The van der Waals surface area contributed by atoms with Crippen LogP contribution in [0.25, 0.3) is 55.3 Å². The lowest BCUT2D eigenvalue weighted by atomic mass is 9.67. The summed E-state index contributed by atoms with van der Waals surface area (Å²) in [6.45, 7) is 6.45. The molecule has 1 heteroatoms. The van der Waals surface area contributed by atoms with Crippen LogP contribution >= 0.6 is 0 Å². The predicted molar refractivity (Wildman–Crippen MR) is 318 cm³/mol. The van der Waals surface area contributed by atoms with Crippen LogP contribution in [-0.2, 0) is 5.41 Å². The highest BCUT2D eigenvalue weighted by Gasteiger charge is 2.46. The summed E-state index contributed by atoms with van der Waals surface area (Å²) < 4.78 is 0. The normalized spacial score (nSPS) is 14.3. The van der Waals surface area contributed by atoms with Crippen molar-refractivity contribution in [1.82, 2.24) is 0 Å². The highest BCUT2D eigenvalue weighted by atomic mass is 15.2. The van der Waals surface area contributed by atoms with Crippen LogP contribution in [0.15, 0.2) is 291 Å². The lowest BCUT2D eigenvalue weighted by molar-refractivity contribution is 0.767. The van der Waals surface area contributed by atoms with Gasteiger partial charge in [0.05, 0.1) is 11.1 Å². The molecule has 0 fully saturated rings. The summed E-state index contributed by atoms with van der Waals surface area (Å²) in [6, 6.07) is 96.7. The van der Waals surface area contributed by atoms with Gasteiger partial charge in [0.1, 0.15) is 0 Å². The molecular weight excluding hydrogens is 903 g/mol. The molecule has 1 nitrogen and oxygen atoms in total. The molecule has 11 aromatic rings. The molecule has 360 valence electrons. The summed E-state index contributed by atoms with van der Waals surface area (Å²) in [4.78, 5) is 2.48. The Kier molecular flexibility index (Phi) is 12.8. The van der Waals surface area contributed by atoms with Crippen molar-refractivity contribution >= 4 is 22.1 Å². The zero-order chi connectivity index (χ0) is 50.7. The maximum atomic E-state index is 2.48. The first-order valence-electron chi connectivity index (χ1n) is 26.3. The lowest BCUT2D eigenvalue weighted by Gasteiger charge is -2.34. The van der Waals surface area contributed by atoms with Gasteiger partial charge < -0.3 is 4.90 Å². The van der Waals surface area contributed by atoms with E-state index in [1.807, 2.05) is 6.07 Å². The predicted octanol–water partition coefficient (Wildman–Crippen LogP) is 19.6. The fourth-order valence-corrected chi connectivity index (χ4v) is 11.8. The summed E-state index contributed by atoms with van der Waals surface area (Å²) in [7, 11) is 0. The monoisotopic (exact) mass is 961 g/mol. The standard InChI is InChI=1S/C35H27N.C26H20.C13H12/c1-24-9-8-12-27(21-24)30-13-4-5-14-31(30)28-18-20-33-32-15-6-7-16-34(32)36(35(33)23-28)29-19-17-25-10-2-3-11-26(25)22-29;1-19-16-17-23-22-14-8-9-15-24(22)26(25(23)18-19,20-10-4-2-5-11-20)21-12-6-3-7-13-21;1-11-7-9-13(10-8-11)12-5-3-2-4-6-12/h2-14,16-23,32H,15H2,1H3;2-18H,1H3;2-10H,1H3. The Bertz CT molecular complexity index is 3840. The Hall–Kier alpha value is -9.04. The van der Waals surface area contributed by atoms with Crippen molar-refractivity contribution in [2.24, 2.45) is 0 Å². The molecule has 0 bridgehead atoms. The summed E-state index contributed by atoms with van der Waals surface area (Å²) >= 11 is 0. The van der Waals surface area contributed by atoms with E-state index in [0.29, 0.717) is 5.92 Å². The number of hydrogen-bond acceptors (Lipinski definition) is 1. The van der Waals surface area contributed by atoms with Crippen molar-refractivity contribution in [2.45, 2.75) is 38.5 Å². The molecule has 0 N–H and O–H groups in total. The molecule has 1 atom stereocenters. The first-order valence-corrected chi connectivity index (χ1v) is 26.3. The van der Waals surface area contributed by atoms with E-state index in [0.717, 1.165) is 6.42 Å². The lowest BCUT2D eigenvalue weighted by Crippen LogP contribution is -2.28. The van der Waals surface area contributed by atoms with Crippen molar-refractivity contribution < 1.29 is 0 Å². The molecule has 0 radical (unpaired) electrons. The first-order chi connectivity index (χ1) is 36.9. The summed E-state index contributed by atoms with van der Waals surface area (Å²) in [6.07, 6.45) is 7.84. The molecule has 1 aliphatic heterocycles. The van der Waals surface area contributed by atoms with Gasteiger partial charge in [0, 0.05) is 17.3 Å². The van der Waals surface area contributed by atoms with E-state index in [1.165, 1.54) is 117 Å². The molecular formula is C74H59N. The molecule has 0 spiro atoms. The minimum atomic E-state index is -0.263. The highest BCUT2D eigenvalue weighted by Crippen LogP contribution is 2.56. The number of benzene rings is 11. The van der Waals surface area contributed by atoms with Gasteiger partial charge in [-0.1, -0.05) is 278 Å². The molecule has 1 heterocycles. The zero-order valence-corrected chi connectivity index (χ0v) is 42.9. The number of allylic oxidation sites excluding steroid dienone is 4. The third kappa shape index (κ3) is 8.91. The average molecular weight is 962 g/mol. The van der Waals surface area contributed by atoms with Gasteiger partial charge in [0.2, 0.25) is 0 Å². The van der Waals surface area contributed by atoms with Gasteiger partial charge in [-0.2, -0.15) is 0 Å². The summed E-state index contributed by atoms with van der Waals surface area (Å²) in [5.41, 5.74) is 24.6. The molecule has 14 rings (SSSR count). The Labute approximate surface area is 443 Å². The van der Waals surface area contributed by atoms with Crippen LogP contribution in [0, 0.1) is 20.8 Å². The van der Waals surface area contributed by atoms with Crippen molar-refractivity contribution in [3.63, 3.8) is 0 Å². The molecule has 75 heavy (non-hydrogen) atoms. The number of aryl methyl sites for hydroxylation is 3. The maximum absolute atomic E-state index is 2.48. The molecule has 0 amide bonds. The van der Waals surface area contributed by atoms with Crippen molar-refractivity contribution in [3.05, 3.63) is 335 Å². The van der Waals surface area contributed by atoms with Crippen LogP contribution in [0.1, 0.15) is 56.8 Å². The van der Waals surface area contributed by atoms with Gasteiger partial charge in [0.25, 0.3) is 0 Å². The fraction of sp³-hybridized carbons (Fsp3) is 0.0811. The van der Waals surface area contributed by atoms with Crippen LogP contribution in [0.5, 0.6) is 0 Å². The average Bonchev–Trinajstić information content (AvgIpc) is 4.03. The fourth-order valence-electron chi connectivity index (χ4n) is 11.8. The number of hydrogen-bond donors (Lipinski definition) is 0. The van der Waals surface area contributed by atoms with E-state index in [-0.39, 0.29) is 5.41 Å². The molecule has 2 aliphatic carbocycles.